The van der Waals surface area contributed by atoms with Gasteiger partial charge in [0, 0.05) is 16.6 Å². The molecule has 0 spiro atoms. The van der Waals surface area contributed by atoms with Gasteiger partial charge in [0.15, 0.2) is 0 Å². The fourth-order valence-corrected chi connectivity index (χ4v) is 2.49. The van der Waals surface area contributed by atoms with Gasteiger partial charge in [-0.05, 0) is 36.6 Å². The van der Waals surface area contributed by atoms with Crippen LogP contribution in [0.4, 0.5) is 0 Å². The number of pyridine rings is 1. The van der Waals surface area contributed by atoms with Gasteiger partial charge in [0.25, 0.3) is 5.56 Å². The summed E-state index contributed by atoms with van der Waals surface area (Å²) >= 11 is 5.91. The molecule has 1 fully saturated rings. The molecule has 2 aromatic rings. The molecule has 1 aliphatic carbocycles. The summed E-state index contributed by atoms with van der Waals surface area (Å²) in [7, 11) is 0. The van der Waals surface area contributed by atoms with E-state index >= 15 is 0 Å². The SMILES string of the molecule is N#CCc1ccc(-c2ccc(Cl)cc2)n(C2CC2)c1=O. The predicted molar refractivity (Wildman–Crippen MR) is 78.7 cm³/mol. The van der Waals surface area contributed by atoms with E-state index in [4.69, 9.17) is 16.9 Å². The van der Waals surface area contributed by atoms with Gasteiger partial charge in [-0.1, -0.05) is 29.8 Å². The van der Waals surface area contributed by atoms with Crippen molar-refractivity contribution in [3.63, 3.8) is 0 Å². The number of benzene rings is 1. The Balaban J connectivity index is 2.16. The molecule has 0 aliphatic heterocycles. The molecule has 1 heterocycles. The molecule has 3 rings (SSSR count). The first-order valence-corrected chi connectivity index (χ1v) is 6.96. The Kier molecular flexibility index (Phi) is 3.33. The van der Waals surface area contributed by atoms with E-state index in [2.05, 4.69) is 0 Å². The fourth-order valence-electron chi connectivity index (χ4n) is 2.37. The van der Waals surface area contributed by atoms with Crippen LogP contribution in [0.15, 0.2) is 41.2 Å². The highest BCUT2D eigenvalue weighted by Gasteiger charge is 2.27. The number of halogens is 1. The average Bonchev–Trinajstić information content (AvgIpc) is 3.26. The highest BCUT2D eigenvalue weighted by molar-refractivity contribution is 6.30. The Morgan fingerprint density at radius 1 is 1.20 bits per heavy atom. The van der Waals surface area contributed by atoms with Crippen LogP contribution in [0, 0.1) is 11.3 Å². The van der Waals surface area contributed by atoms with Crippen LogP contribution < -0.4 is 5.56 Å². The highest BCUT2D eigenvalue weighted by Crippen LogP contribution is 2.37. The van der Waals surface area contributed by atoms with Crippen LogP contribution in [0.1, 0.15) is 24.4 Å². The van der Waals surface area contributed by atoms with Crippen LogP contribution in [0.3, 0.4) is 0 Å². The Morgan fingerprint density at radius 2 is 1.90 bits per heavy atom. The van der Waals surface area contributed by atoms with Crippen molar-refractivity contribution in [3.8, 4) is 17.3 Å². The van der Waals surface area contributed by atoms with Gasteiger partial charge in [-0.25, -0.2) is 0 Å². The zero-order chi connectivity index (χ0) is 14.1. The lowest BCUT2D eigenvalue weighted by atomic mass is 10.1. The molecule has 1 aromatic carbocycles. The first-order valence-electron chi connectivity index (χ1n) is 6.58. The minimum Gasteiger partial charge on any atom is -0.305 e. The van der Waals surface area contributed by atoms with Crippen molar-refractivity contribution in [1.29, 1.82) is 5.26 Å². The number of nitriles is 1. The molecule has 1 saturated carbocycles. The molecule has 100 valence electrons. The lowest BCUT2D eigenvalue weighted by Gasteiger charge is -2.13. The monoisotopic (exact) mass is 284 g/mol. The van der Waals surface area contributed by atoms with Gasteiger partial charge in [-0.2, -0.15) is 5.26 Å². The lowest BCUT2D eigenvalue weighted by Crippen LogP contribution is -2.24. The molecule has 20 heavy (non-hydrogen) atoms. The third-order valence-electron chi connectivity index (χ3n) is 3.52. The van der Waals surface area contributed by atoms with Gasteiger partial charge in [-0.15, -0.1) is 0 Å². The zero-order valence-electron chi connectivity index (χ0n) is 10.8. The summed E-state index contributed by atoms with van der Waals surface area (Å²) in [5.74, 6) is 0. The Labute approximate surface area is 122 Å². The van der Waals surface area contributed by atoms with Crippen LogP contribution in [0.25, 0.3) is 11.3 Å². The molecule has 0 amide bonds. The van der Waals surface area contributed by atoms with Gasteiger partial charge in [0.1, 0.15) is 0 Å². The molecule has 0 unspecified atom stereocenters. The van der Waals surface area contributed by atoms with Gasteiger partial charge in [0.05, 0.1) is 18.2 Å². The zero-order valence-corrected chi connectivity index (χ0v) is 11.6. The van der Waals surface area contributed by atoms with E-state index in [1.54, 1.807) is 6.07 Å². The maximum Gasteiger partial charge on any atom is 0.255 e. The van der Waals surface area contributed by atoms with Crippen molar-refractivity contribution < 1.29 is 0 Å². The highest BCUT2D eigenvalue weighted by atomic mass is 35.5. The summed E-state index contributed by atoms with van der Waals surface area (Å²) in [4.78, 5) is 12.5. The van der Waals surface area contributed by atoms with Crippen molar-refractivity contribution in [2.45, 2.75) is 25.3 Å². The average molecular weight is 285 g/mol. The molecular formula is C16H13ClN2O. The van der Waals surface area contributed by atoms with Crippen molar-refractivity contribution in [3.05, 3.63) is 57.3 Å². The second-order valence-electron chi connectivity index (χ2n) is 4.99. The number of hydrogen-bond donors (Lipinski definition) is 0. The molecule has 1 aromatic heterocycles. The molecule has 1 aliphatic rings. The summed E-state index contributed by atoms with van der Waals surface area (Å²) in [6.45, 7) is 0. The topological polar surface area (TPSA) is 45.8 Å². The smallest absolute Gasteiger partial charge is 0.255 e. The second kappa shape index (κ2) is 5.15. The summed E-state index contributed by atoms with van der Waals surface area (Å²) in [5, 5.41) is 9.47. The van der Waals surface area contributed by atoms with Crippen LogP contribution >= 0.6 is 11.6 Å². The Morgan fingerprint density at radius 3 is 2.50 bits per heavy atom. The molecule has 0 N–H and O–H groups in total. The van der Waals surface area contributed by atoms with E-state index in [0.717, 1.165) is 24.1 Å². The number of hydrogen-bond acceptors (Lipinski definition) is 2. The number of rotatable bonds is 3. The van der Waals surface area contributed by atoms with Crippen molar-refractivity contribution in [2.75, 3.05) is 0 Å². The number of aromatic nitrogens is 1. The number of nitrogens with zero attached hydrogens (tertiary/aromatic N) is 2. The molecule has 3 nitrogen and oxygen atoms in total. The van der Waals surface area contributed by atoms with Crippen LogP contribution in [-0.2, 0) is 6.42 Å². The third kappa shape index (κ3) is 2.35. The van der Waals surface area contributed by atoms with E-state index in [1.807, 2.05) is 41.0 Å². The van der Waals surface area contributed by atoms with Crippen LogP contribution in [0.2, 0.25) is 5.02 Å². The Hall–Kier alpha value is -2.05. The summed E-state index contributed by atoms with van der Waals surface area (Å²) in [6.07, 6.45) is 2.21. The largest absolute Gasteiger partial charge is 0.305 e. The van der Waals surface area contributed by atoms with Crippen molar-refractivity contribution in [2.24, 2.45) is 0 Å². The summed E-state index contributed by atoms with van der Waals surface area (Å²) in [6, 6.07) is 13.5. The fraction of sp³-hybridized carbons (Fsp3) is 0.250. The quantitative estimate of drug-likeness (QED) is 0.865. The van der Waals surface area contributed by atoms with Crippen molar-refractivity contribution in [1.82, 2.24) is 4.57 Å². The van der Waals surface area contributed by atoms with E-state index in [-0.39, 0.29) is 18.0 Å². The van der Waals surface area contributed by atoms with E-state index in [1.165, 1.54) is 0 Å². The first-order chi connectivity index (χ1) is 9.70. The molecule has 4 heteroatoms. The minimum absolute atomic E-state index is 0.0403. The molecule has 0 atom stereocenters. The first kappa shape index (κ1) is 13.0. The standard InChI is InChI=1S/C16H13ClN2O/c17-13-4-1-11(2-5-13)15-8-3-12(9-10-18)16(20)19(15)14-6-7-14/h1-5,8,14H,6-7,9H2. The van der Waals surface area contributed by atoms with Gasteiger partial charge in [-0.3, -0.25) is 4.79 Å². The Bertz CT molecular complexity index is 737. The predicted octanol–water partition coefficient (Wildman–Crippen LogP) is 3.57. The van der Waals surface area contributed by atoms with E-state index < -0.39 is 0 Å². The van der Waals surface area contributed by atoms with Crippen molar-refractivity contribution >= 4 is 11.6 Å². The van der Waals surface area contributed by atoms with Gasteiger partial charge in [0.2, 0.25) is 0 Å². The summed E-state index contributed by atoms with van der Waals surface area (Å²) in [5.41, 5.74) is 2.40. The molecule has 0 radical (unpaired) electrons. The van der Waals surface area contributed by atoms with E-state index in [0.29, 0.717) is 10.6 Å². The minimum atomic E-state index is -0.0403. The molecule has 0 saturated heterocycles. The maximum atomic E-state index is 12.5. The lowest BCUT2D eigenvalue weighted by molar-refractivity contribution is 0.708. The normalized spacial score (nSPS) is 14.0. The second-order valence-corrected chi connectivity index (χ2v) is 5.43. The van der Waals surface area contributed by atoms with Crippen LogP contribution in [-0.4, -0.2) is 4.57 Å². The third-order valence-corrected chi connectivity index (χ3v) is 3.77. The maximum absolute atomic E-state index is 12.5. The molecular weight excluding hydrogens is 272 g/mol. The molecule has 0 bridgehead atoms. The summed E-state index contributed by atoms with van der Waals surface area (Å²) < 4.78 is 1.83. The van der Waals surface area contributed by atoms with Gasteiger partial charge >= 0.3 is 0 Å². The van der Waals surface area contributed by atoms with Crippen LogP contribution in [0.5, 0.6) is 0 Å². The van der Waals surface area contributed by atoms with E-state index in [9.17, 15) is 4.79 Å². The van der Waals surface area contributed by atoms with Gasteiger partial charge < -0.3 is 4.57 Å².